The van der Waals surface area contributed by atoms with Crippen LogP contribution in [0.2, 0.25) is 0 Å². The molecule has 5 aromatic rings. The summed E-state index contributed by atoms with van der Waals surface area (Å²) in [5, 5.41) is 4.48. The maximum Gasteiger partial charge on any atom is 0.247 e. The summed E-state index contributed by atoms with van der Waals surface area (Å²) in [4.78, 5) is 27.6. The molecular formula is C22H16FN7O. The fourth-order valence-corrected chi connectivity index (χ4v) is 3.38. The van der Waals surface area contributed by atoms with E-state index in [-0.39, 0.29) is 11.5 Å². The van der Waals surface area contributed by atoms with Gasteiger partial charge in [-0.2, -0.15) is 4.52 Å². The van der Waals surface area contributed by atoms with Crippen LogP contribution in [0.5, 0.6) is 0 Å². The molecule has 9 heteroatoms. The van der Waals surface area contributed by atoms with E-state index in [0.717, 1.165) is 17.3 Å². The number of nitrogens with one attached hydrogen (secondary N) is 1. The Balaban J connectivity index is 1.73. The number of aromatic amines is 1. The second kappa shape index (κ2) is 7.45. The molecule has 0 saturated heterocycles. The van der Waals surface area contributed by atoms with Crippen molar-refractivity contribution in [2.75, 3.05) is 5.73 Å². The zero-order chi connectivity index (χ0) is 21.4. The second-order valence-corrected chi connectivity index (χ2v) is 6.91. The number of hydrogen-bond donors (Lipinski definition) is 2. The number of benzene rings is 1. The second-order valence-electron chi connectivity index (χ2n) is 6.91. The normalized spacial score (nSPS) is 11.1. The molecule has 4 aromatic heterocycles. The van der Waals surface area contributed by atoms with Gasteiger partial charge < -0.3 is 10.7 Å². The number of pyridine rings is 2. The van der Waals surface area contributed by atoms with Crippen LogP contribution in [-0.4, -0.2) is 29.5 Å². The third-order valence-corrected chi connectivity index (χ3v) is 4.80. The number of hydrogen-bond acceptors (Lipinski definition) is 6. The molecule has 1 aromatic carbocycles. The number of fused-ring (bicyclic) bond motifs is 1. The first-order valence-electron chi connectivity index (χ1n) is 9.48. The Morgan fingerprint density at radius 2 is 1.84 bits per heavy atom. The molecule has 0 amide bonds. The summed E-state index contributed by atoms with van der Waals surface area (Å²) in [5.74, 6) is 0.226. The van der Waals surface area contributed by atoms with Crippen molar-refractivity contribution in [3.63, 3.8) is 0 Å². The highest BCUT2D eigenvalue weighted by Crippen LogP contribution is 2.34. The first kappa shape index (κ1) is 18.6. The minimum atomic E-state index is -0.409. The lowest BCUT2D eigenvalue weighted by atomic mass is 10.0. The van der Waals surface area contributed by atoms with E-state index in [9.17, 15) is 9.18 Å². The topological polar surface area (TPSA) is 115 Å². The van der Waals surface area contributed by atoms with Crippen LogP contribution in [0.4, 0.5) is 10.3 Å². The van der Waals surface area contributed by atoms with Crippen molar-refractivity contribution < 1.29 is 4.39 Å². The van der Waals surface area contributed by atoms with E-state index < -0.39 is 5.82 Å². The van der Waals surface area contributed by atoms with Crippen LogP contribution < -0.4 is 11.3 Å². The van der Waals surface area contributed by atoms with Gasteiger partial charge >= 0.3 is 0 Å². The maximum absolute atomic E-state index is 13.2. The summed E-state index contributed by atoms with van der Waals surface area (Å²) in [6.45, 7) is 0. The van der Waals surface area contributed by atoms with Crippen molar-refractivity contribution in [2.24, 2.45) is 0 Å². The lowest BCUT2D eigenvalue weighted by Gasteiger charge is -2.11. The smallest absolute Gasteiger partial charge is 0.247 e. The third kappa shape index (κ3) is 3.52. The molecule has 0 unspecified atom stereocenters. The molecule has 0 radical (unpaired) electrons. The van der Waals surface area contributed by atoms with Gasteiger partial charge in [-0.3, -0.25) is 9.78 Å². The Bertz CT molecular complexity index is 1420. The van der Waals surface area contributed by atoms with Crippen molar-refractivity contribution in [1.29, 1.82) is 0 Å². The number of halogens is 1. The Kier molecular flexibility index (Phi) is 4.47. The van der Waals surface area contributed by atoms with Crippen LogP contribution >= 0.6 is 0 Å². The van der Waals surface area contributed by atoms with E-state index in [1.165, 1.54) is 16.6 Å². The lowest BCUT2D eigenvalue weighted by Crippen LogP contribution is -2.07. The van der Waals surface area contributed by atoms with Crippen molar-refractivity contribution in [1.82, 2.24) is 29.5 Å². The van der Waals surface area contributed by atoms with Crippen LogP contribution in [0.25, 0.3) is 28.0 Å². The third-order valence-electron chi connectivity index (χ3n) is 4.80. The fraction of sp³-hybridized carbons (Fsp3) is 0.0455. The fourth-order valence-electron chi connectivity index (χ4n) is 3.38. The molecule has 0 aliphatic heterocycles. The van der Waals surface area contributed by atoms with Gasteiger partial charge in [-0.1, -0.05) is 30.3 Å². The first-order valence-corrected chi connectivity index (χ1v) is 9.48. The standard InChI is InChI=1S/C22H16FN7O/c23-15-7-8-16(25-12-15)10-17-27-21-19(14-6-9-18(31)26-11-14)20(13-4-2-1-3-5-13)28-22(24)30(21)29-17/h1-9,11-12H,10H2,(H2,24,28)(H,26,31). The maximum atomic E-state index is 13.2. The van der Waals surface area contributed by atoms with Gasteiger partial charge in [-0.15, -0.1) is 5.10 Å². The molecule has 0 saturated carbocycles. The van der Waals surface area contributed by atoms with Crippen molar-refractivity contribution in [2.45, 2.75) is 6.42 Å². The number of aromatic nitrogens is 6. The van der Waals surface area contributed by atoms with Crippen molar-refractivity contribution in [3.05, 3.63) is 94.7 Å². The van der Waals surface area contributed by atoms with Crippen LogP contribution in [-0.2, 0) is 6.42 Å². The highest BCUT2D eigenvalue weighted by Gasteiger charge is 2.20. The minimum Gasteiger partial charge on any atom is -0.368 e. The van der Waals surface area contributed by atoms with Crippen molar-refractivity contribution in [3.8, 4) is 22.4 Å². The number of H-pyrrole nitrogens is 1. The summed E-state index contributed by atoms with van der Waals surface area (Å²) in [5.41, 5.74) is 9.99. The van der Waals surface area contributed by atoms with Gasteiger partial charge in [0.25, 0.3) is 0 Å². The predicted molar refractivity (Wildman–Crippen MR) is 114 cm³/mol. The molecule has 31 heavy (non-hydrogen) atoms. The number of rotatable bonds is 4. The molecule has 0 fully saturated rings. The molecule has 152 valence electrons. The Morgan fingerprint density at radius 1 is 1.00 bits per heavy atom. The summed E-state index contributed by atoms with van der Waals surface area (Å²) < 4.78 is 14.6. The van der Waals surface area contributed by atoms with E-state index in [0.29, 0.717) is 34.8 Å². The molecule has 3 N–H and O–H groups in total. The number of nitrogens with zero attached hydrogens (tertiary/aromatic N) is 5. The average molecular weight is 413 g/mol. The molecule has 0 aliphatic carbocycles. The van der Waals surface area contributed by atoms with Gasteiger partial charge in [0, 0.05) is 29.1 Å². The van der Waals surface area contributed by atoms with Gasteiger partial charge in [-0.05, 0) is 18.2 Å². The summed E-state index contributed by atoms with van der Waals surface area (Å²) in [7, 11) is 0. The highest BCUT2D eigenvalue weighted by molar-refractivity contribution is 5.90. The molecular weight excluding hydrogens is 397 g/mol. The molecule has 0 bridgehead atoms. The molecule has 0 spiro atoms. The SMILES string of the molecule is Nc1nc(-c2ccccc2)c(-c2ccc(=O)[nH]c2)c2nc(Cc3ccc(F)cn3)nn12. The Labute approximate surface area is 175 Å². The highest BCUT2D eigenvalue weighted by atomic mass is 19.1. The number of anilines is 1. The monoisotopic (exact) mass is 413 g/mol. The average Bonchev–Trinajstić information content (AvgIpc) is 3.21. The molecule has 4 heterocycles. The van der Waals surface area contributed by atoms with Crippen LogP contribution in [0.15, 0.2) is 71.8 Å². The molecule has 0 aliphatic rings. The van der Waals surface area contributed by atoms with E-state index in [2.05, 4.69) is 25.0 Å². The Hall–Kier alpha value is -4.40. The van der Waals surface area contributed by atoms with E-state index >= 15 is 0 Å². The van der Waals surface area contributed by atoms with Crippen LogP contribution in [0, 0.1) is 5.82 Å². The lowest BCUT2D eigenvalue weighted by molar-refractivity contribution is 0.619. The zero-order valence-corrected chi connectivity index (χ0v) is 16.2. The first-order chi connectivity index (χ1) is 15.1. The largest absolute Gasteiger partial charge is 0.368 e. The van der Waals surface area contributed by atoms with Gasteiger partial charge in [0.1, 0.15) is 5.82 Å². The van der Waals surface area contributed by atoms with Crippen molar-refractivity contribution >= 4 is 11.6 Å². The van der Waals surface area contributed by atoms with Gasteiger partial charge in [0.2, 0.25) is 11.5 Å². The quantitative estimate of drug-likeness (QED) is 0.468. The van der Waals surface area contributed by atoms with E-state index in [4.69, 9.17) is 5.73 Å². The summed E-state index contributed by atoms with van der Waals surface area (Å²) in [6, 6.07) is 15.6. The van der Waals surface area contributed by atoms with Gasteiger partial charge in [-0.25, -0.2) is 14.4 Å². The van der Waals surface area contributed by atoms with Crippen LogP contribution in [0.3, 0.4) is 0 Å². The zero-order valence-electron chi connectivity index (χ0n) is 16.2. The van der Waals surface area contributed by atoms with E-state index in [1.54, 1.807) is 18.3 Å². The molecule has 5 rings (SSSR count). The summed E-state index contributed by atoms with van der Waals surface area (Å²) in [6.07, 6.45) is 3.06. The molecule has 0 atom stereocenters. The van der Waals surface area contributed by atoms with E-state index in [1.807, 2.05) is 30.3 Å². The number of nitrogen functional groups attached to an aromatic ring is 1. The minimum absolute atomic E-state index is 0.174. The van der Waals surface area contributed by atoms with Gasteiger partial charge in [0.05, 0.1) is 23.9 Å². The predicted octanol–water partition coefficient (Wildman–Crippen LogP) is 2.85. The summed E-state index contributed by atoms with van der Waals surface area (Å²) >= 11 is 0. The Morgan fingerprint density at radius 3 is 2.55 bits per heavy atom. The van der Waals surface area contributed by atoms with Gasteiger partial charge in [0.15, 0.2) is 11.5 Å². The number of nitrogens with two attached hydrogens (primary N) is 1. The molecule has 8 nitrogen and oxygen atoms in total. The van der Waals surface area contributed by atoms with Crippen LogP contribution in [0.1, 0.15) is 11.5 Å².